The van der Waals surface area contributed by atoms with Gasteiger partial charge in [-0.05, 0) is 43.9 Å². The molecule has 162 valence electrons. The molecule has 1 aliphatic heterocycles. The van der Waals surface area contributed by atoms with E-state index < -0.39 is 0 Å². The number of nitrogens with one attached hydrogen (secondary N) is 3. The van der Waals surface area contributed by atoms with Crippen LogP contribution in [0.5, 0.6) is 0 Å². The highest BCUT2D eigenvalue weighted by Gasteiger charge is 2.15. The van der Waals surface area contributed by atoms with Crippen LogP contribution in [0.25, 0.3) is 0 Å². The van der Waals surface area contributed by atoms with Gasteiger partial charge in [0.25, 0.3) is 5.91 Å². The summed E-state index contributed by atoms with van der Waals surface area (Å²) in [6.45, 7) is 8.66. The zero-order valence-corrected chi connectivity index (χ0v) is 18.0. The van der Waals surface area contributed by atoms with E-state index in [0.29, 0.717) is 18.0 Å². The molecule has 7 nitrogen and oxygen atoms in total. The van der Waals surface area contributed by atoms with Crippen LogP contribution >= 0.6 is 0 Å². The van der Waals surface area contributed by atoms with Crippen molar-refractivity contribution in [1.82, 2.24) is 16.0 Å². The Bertz CT molecular complexity index is 645. The fourth-order valence-corrected chi connectivity index (χ4v) is 2.98. The number of nitrogens with zero attached hydrogens (tertiary/aromatic N) is 1. The second-order valence-electron chi connectivity index (χ2n) is 7.49. The normalized spacial score (nSPS) is 17.8. The lowest BCUT2D eigenvalue weighted by molar-refractivity contribution is 0.0888. The van der Waals surface area contributed by atoms with Gasteiger partial charge in [0.2, 0.25) is 0 Å². The minimum absolute atomic E-state index is 0.0344. The van der Waals surface area contributed by atoms with Crippen LogP contribution in [-0.2, 0) is 16.0 Å². The molecular formula is C22H36N4O3. The number of guanidine groups is 1. The average molecular weight is 405 g/mol. The SMILES string of the molecule is CCC(C)NC(=O)c1cccc(CNC(=NC)NCCCOCC2CCOC2)c1. The Morgan fingerprint density at radius 3 is 2.97 bits per heavy atom. The summed E-state index contributed by atoms with van der Waals surface area (Å²) in [5.41, 5.74) is 1.71. The fraction of sp³-hybridized carbons (Fsp3) is 0.636. The first-order valence-electron chi connectivity index (χ1n) is 10.6. The molecule has 2 rings (SSSR count). The molecule has 1 fully saturated rings. The van der Waals surface area contributed by atoms with Crippen molar-refractivity contribution in [3.63, 3.8) is 0 Å². The molecule has 3 N–H and O–H groups in total. The van der Waals surface area contributed by atoms with E-state index in [1.807, 2.05) is 31.2 Å². The third kappa shape index (κ3) is 8.83. The van der Waals surface area contributed by atoms with Crippen molar-refractivity contribution < 1.29 is 14.3 Å². The number of hydrogen-bond acceptors (Lipinski definition) is 4. The third-order valence-electron chi connectivity index (χ3n) is 5.00. The van der Waals surface area contributed by atoms with Crippen LogP contribution in [0.1, 0.15) is 49.0 Å². The zero-order chi connectivity index (χ0) is 20.9. The molecule has 0 aliphatic carbocycles. The summed E-state index contributed by atoms with van der Waals surface area (Å²) in [6, 6.07) is 7.83. The Balaban J connectivity index is 1.66. The highest BCUT2D eigenvalue weighted by molar-refractivity contribution is 5.94. The van der Waals surface area contributed by atoms with E-state index in [1.165, 1.54) is 0 Å². The Morgan fingerprint density at radius 2 is 2.24 bits per heavy atom. The van der Waals surface area contributed by atoms with Crippen LogP contribution in [0.15, 0.2) is 29.3 Å². The van der Waals surface area contributed by atoms with Gasteiger partial charge in [-0.1, -0.05) is 19.1 Å². The van der Waals surface area contributed by atoms with E-state index in [4.69, 9.17) is 9.47 Å². The summed E-state index contributed by atoms with van der Waals surface area (Å²) in [6.07, 6.45) is 2.93. The van der Waals surface area contributed by atoms with Crippen molar-refractivity contribution >= 4 is 11.9 Å². The molecule has 0 spiro atoms. The standard InChI is InChI=1S/C22H36N4O3/c1-4-17(2)26-21(27)20-8-5-7-18(13-20)14-25-22(23-3)24-10-6-11-28-15-19-9-12-29-16-19/h5,7-8,13,17,19H,4,6,9-12,14-16H2,1-3H3,(H,26,27)(H2,23,24,25). The maximum Gasteiger partial charge on any atom is 0.251 e. The largest absolute Gasteiger partial charge is 0.381 e. The topological polar surface area (TPSA) is 84.0 Å². The smallest absolute Gasteiger partial charge is 0.251 e. The highest BCUT2D eigenvalue weighted by atomic mass is 16.5. The number of carbonyl (C=O) groups is 1. The molecule has 1 heterocycles. The number of hydrogen-bond donors (Lipinski definition) is 3. The van der Waals surface area contributed by atoms with Crippen LogP contribution in [0, 0.1) is 5.92 Å². The van der Waals surface area contributed by atoms with E-state index in [-0.39, 0.29) is 11.9 Å². The van der Waals surface area contributed by atoms with E-state index in [9.17, 15) is 4.79 Å². The van der Waals surface area contributed by atoms with Gasteiger partial charge in [-0.15, -0.1) is 0 Å². The number of carbonyl (C=O) groups excluding carboxylic acids is 1. The number of ether oxygens (including phenoxy) is 2. The summed E-state index contributed by atoms with van der Waals surface area (Å²) in [7, 11) is 1.75. The minimum Gasteiger partial charge on any atom is -0.381 e. The van der Waals surface area contributed by atoms with E-state index in [2.05, 4.69) is 27.9 Å². The van der Waals surface area contributed by atoms with Crippen LogP contribution < -0.4 is 16.0 Å². The first kappa shape index (κ1) is 23.2. The maximum absolute atomic E-state index is 12.3. The van der Waals surface area contributed by atoms with Gasteiger partial charge < -0.3 is 25.4 Å². The van der Waals surface area contributed by atoms with Crippen LogP contribution in [0.4, 0.5) is 0 Å². The Labute approximate surface area is 174 Å². The first-order valence-corrected chi connectivity index (χ1v) is 10.6. The minimum atomic E-state index is -0.0344. The van der Waals surface area contributed by atoms with Crippen molar-refractivity contribution in [2.24, 2.45) is 10.9 Å². The summed E-state index contributed by atoms with van der Waals surface area (Å²) in [4.78, 5) is 16.5. The van der Waals surface area contributed by atoms with Crippen molar-refractivity contribution in [3.05, 3.63) is 35.4 Å². The molecule has 1 aromatic rings. The van der Waals surface area contributed by atoms with Crippen molar-refractivity contribution in [2.75, 3.05) is 40.0 Å². The van der Waals surface area contributed by atoms with Gasteiger partial charge in [0.15, 0.2) is 5.96 Å². The molecule has 7 heteroatoms. The molecule has 2 unspecified atom stereocenters. The summed E-state index contributed by atoms with van der Waals surface area (Å²) in [5.74, 6) is 1.26. The zero-order valence-electron chi connectivity index (χ0n) is 18.0. The molecule has 1 amide bonds. The summed E-state index contributed by atoms with van der Waals surface area (Å²) in [5, 5.41) is 9.58. The quantitative estimate of drug-likeness (QED) is 0.299. The monoisotopic (exact) mass is 404 g/mol. The molecule has 1 saturated heterocycles. The average Bonchev–Trinajstić information content (AvgIpc) is 3.26. The van der Waals surface area contributed by atoms with E-state index >= 15 is 0 Å². The van der Waals surface area contributed by atoms with Gasteiger partial charge in [0.05, 0.1) is 13.2 Å². The van der Waals surface area contributed by atoms with Crippen molar-refractivity contribution in [3.8, 4) is 0 Å². The molecule has 29 heavy (non-hydrogen) atoms. The summed E-state index contributed by atoms with van der Waals surface area (Å²) < 4.78 is 11.1. The molecule has 2 atom stereocenters. The number of amides is 1. The highest BCUT2D eigenvalue weighted by Crippen LogP contribution is 2.12. The summed E-state index contributed by atoms with van der Waals surface area (Å²) >= 11 is 0. The molecule has 0 aromatic heterocycles. The lowest BCUT2D eigenvalue weighted by atomic mass is 10.1. The van der Waals surface area contributed by atoms with Gasteiger partial charge in [-0.3, -0.25) is 9.79 Å². The van der Waals surface area contributed by atoms with Gasteiger partial charge >= 0.3 is 0 Å². The molecule has 1 aromatic carbocycles. The van der Waals surface area contributed by atoms with Gasteiger partial charge in [-0.25, -0.2) is 0 Å². The Morgan fingerprint density at radius 1 is 1.38 bits per heavy atom. The van der Waals surface area contributed by atoms with Crippen molar-refractivity contribution in [2.45, 2.75) is 45.7 Å². The second kappa shape index (κ2) is 13.2. The predicted molar refractivity (Wildman–Crippen MR) is 116 cm³/mol. The number of aliphatic imine (C=N–C) groups is 1. The lowest BCUT2D eigenvalue weighted by Gasteiger charge is -2.14. The Hall–Kier alpha value is -2.12. The number of benzene rings is 1. The van der Waals surface area contributed by atoms with Gasteiger partial charge in [0.1, 0.15) is 0 Å². The number of rotatable bonds is 11. The molecule has 1 aliphatic rings. The van der Waals surface area contributed by atoms with Crippen LogP contribution in [0.3, 0.4) is 0 Å². The lowest BCUT2D eigenvalue weighted by Crippen LogP contribution is -2.37. The molecule has 0 saturated carbocycles. The van der Waals surface area contributed by atoms with E-state index in [1.54, 1.807) is 7.05 Å². The molecule has 0 bridgehead atoms. The molecular weight excluding hydrogens is 368 g/mol. The second-order valence-corrected chi connectivity index (χ2v) is 7.49. The Kier molecular flexibility index (Phi) is 10.5. The van der Waals surface area contributed by atoms with Gasteiger partial charge in [-0.2, -0.15) is 0 Å². The van der Waals surface area contributed by atoms with Gasteiger partial charge in [0, 0.05) is 50.9 Å². The third-order valence-corrected chi connectivity index (χ3v) is 5.00. The fourth-order valence-electron chi connectivity index (χ4n) is 2.98. The maximum atomic E-state index is 12.3. The van der Waals surface area contributed by atoms with Crippen LogP contribution in [-0.4, -0.2) is 57.9 Å². The van der Waals surface area contributed by atoms with Crippen molar-refractivity contribution in [1.29, 1.82) is 0 Å². The predicted octanol–water partition coefficient (Wildman–Crippen LogP) is 2.32. The first-order chi connectivity index (χ1) is 14.1. The van der Waals surface area contributed by atoms with E-state index in [0.717, 1.165) is 63.8 Å². The van der Waals surface area contributed by atoms with Crippen LogP contribution in [0.2, 0.25) is 0 Å². The molecule has 0 radical (unpaired) electrons.